The summed E-state index contributed by atoms with van der Waals surface area (Å²) in [5.41, 5.74) is 3.71. The Morgan fingerprint density at radius 2 is 2.10 bits per heavy atom. The molecule has 0 bridgehead atoms. The molecule has 0 spiro atoms. The molecule has 0 saturated heterocycles. The fraction of sp³-hybridized carbons (Fsp3) is 0.235. The molecule has 3 rings (SSSR count). The molecule has 2 aromatic carbocycles. The molecule has 1 amide bonds. The average Bonchev–Trinajstić information content (AvgIpc) is 2.50. The maximum absolute atomic E-state index is 12.5. The summed E-state index contributed by atoms with van der Waals surface area (Å²) in [6.07, 6.45) is 0. The van der Waals surface area contributed by atoms with E-state index in [9.17, 15) is 9.90 Å². The quantitative estimate of drug-likeness (QED) is 0.742. The highest BCUT2D eigenvalue weighted by atomic mass is 16.3. The zero-order chi connectivity index (χ0) is 14.8. The van der Waals surface area contributed by atoms with Gasteiger partial charge in [0.05, 0.1) is 5.92 Å². The van der Waals surface area contributed by atoms with Gasteiger partial charge in [-0.15, -0.1) is 0 Å². The number of phenolic OH excluding ortho intramolecular Hbond substituents is 1. The molecule has 0 aromatic heterocycles. The van der Waals surface area contributed by atoms with Crippen LogP contribution in [0.2, 0.25) is 0 Å². The third-order valence-electron chi connectivity index (χ3n) is 3.88. The zero-order valence-corrected chi connectivity index (χ0v) is 11.9. The minimum absolute atomic E-state index is 0.0280. The van der Waals surface area contributed by atoms with Gasteiger partial charge in [-0.25, -0.2) is 0 Å². The number of aryl methyl sites for hydroxylation is 1. The molecular formula is C17H18N2O2. The Labute approximate surface area is 123 Å². The second-order valence-electron chi connectivity index (χ2n) is 5.37. The van der Waals surface area contributed by atoms with Gasteiger partial charge in [0, 0.05) is 18.8 Å². The van der Waals surface area contributed by atoms with Gasteiger partial charge >= 0.3 is 0 Å². The van der Waals surface area contributed by atoms with Crippen LogP contribution in [0.3, 0.4) is 0 Å². The Morgan fingerprint density at radius 3 is 2.90 bits per heavy atom. The largest absolute Gasteiger partial charge is 0.508 e. The predicted octanol–water partition coefficient (Wildman–Crippen LogP) is 2.53. The van der Waals surface area contributed by atoms with E-state index in [0.29, 0.717) is 12.2 Å². The summed E-state index contributed by atoms with van der Waals surface area (Å²) in [5.74, 6) is 0.0153. The van der Waals surface area contributed by atoms with E-state index < -0.39 is 0 Å². The molecule has 3 N–H and O–H groups in total. The van der Waals surface area contributed by atoms with E-state index in [-0.39, 0.29) is 17.6 Å². The van der Waals surface area contributed by atoms with E-state index in [1.807, 2.05) is 31.2 Å². The summed E-state index contributed by atoms with van der Waals surface area (Å²) in [6, 6.07) is 13.1. The molecule has 1 unspecified atom stereocenters. The Morgan fingerprint density at radius 1 is 1.29 bits per heavy atom. The minimum atomic E-state index is -0.191. The molecule has 1 atom stereocenters. The molecule has 21 heavy (non-hydrogen) atoms. The zero-order valence-electron chi connectivity index (χ0n) is 11.9. The van der Waals surface area contributed by atoms with Crippen LogP contribution in [-0.4, -0.2) is 17.6 Å². The van der Waals surface area contributed by atoms with Crippen molar-refractivity contribution in [3.8, 4) is 5.75 Å². The fourth-order valence-corrected chi connectivity index (χ4v) is 2.69. The van der Waals surface area contributed by atoms with Crippen LogP contribution in [0.25, 0.3) is 0 Å². The maximum atomic E-state index is 12.5. The summed E-state index contributed by atoms with van der Waals surface area (Å²) in [4.78, 5) is 12.5. The topological polar surface area (TPSA) is 61.4 Å². The van der Waals surface area contributed by atoms with E-state index in [4.69, 9.17) is 0 Å². The number of hydrogen-bond donors (Lipinski definition) is 3. The van der Waals surface area contributed by atoms with Crippen LogP contribution in [-0.2, 0) is 11.3 Å². The van der Waals surface area contributed by atoms with E-state index >= 15 is 0 Å². The number of nitrogens with one attached hydrogen (secondary N) is 2. The molecule has 4 heteroatoms. The second kappa shape index (κ2) is 5.58. The number of carbonyl (C=O) groups excluding carboxylic acids is 1. The van der Waals surface area contributed by atoms with Crippen molar-refractivity contribution in [3.63, 3.8) is 0 Å². The summed E-state index contributed by atoms with van der Waals surface area (Å²) in [7, 11) is 0. The van der Waals surface area contributed by atoms with Crippen LogP contribution in [0.4, 0.5) is 5.69 Å². The summed E-state index contributed by atoms with van der Waals surface area (Å²) >= 11 is 0. The van der Waals surface area contributed by atoms with E-state index in [0.717, 1.165) is 17.7 Å². The third kappa shape index (κ3) is 2.76. The lowest BCUT2D eigenvalue weighted by molar-refractivity contribution is -0.117. The highest BCUT2D eigenvalue weighted by molar-refractivity contribution is 5.96. The number of aromatic hydroxyl groups is 1. The third-order valence-corrected chi connectivity index (χ3v) is 3.88. The lowest BCUT2D eigenvalue weighted by atomic mass is 9.90. The second-order valence-corrected chi connectivity index (χ2v) is 5.37. The van der Waals surface area contributed by atoms with Crippen molar-refractivity contribution in [1.82, 2.24) is 5.32 Å². The van der Waals surface area contributed by atoms with Crippen LogP contribution < -0.4 is 10.6 Å². The van der Waals surface area contributed by atoms with Gasteiger partial charge in [-0.3, -0.25) is 4.79 Å². The van der Waals surface area contributed by atoms with Crippen molar-refractivity contribution in [2.75, 3.05) is 11.9 Å². The van der Waals surface area contributed by atoms with Gasteiger partial charge in [-0.2, -0.15) is 0 Å². The molecule has 0 radical (unpaired) electrons. The molecule has 1 aliphatic rings. The minimum Gasteiger partial charge on any atom is -0.508 e. The SMILES string of the molecule is Cc1cc(NC(=O)C2CNCc3ccccc32)ccc1O. The molecule has 1 aliphatic heterocycles. The Kier molecular flexibility index (Phi) is 3.62. The summed E-state index contributed by atoms with van der Waals surface area (Å²) in [6.45, 7) is 3.25. The van der Waals surface area contributed by atoms with Crippen molar-refractivity contribution in [1.29, 1.82) is 0 Å². The standard InChI is InChI=1S/C17H18N2O2/c1-11-8-13(6-7-16(11)20)19-17(21)15-10-18-9-12-4-2-3-5-14(12)15/h2-8,15,18,20H,9-10H2,1H3,(H,19,21). The molecule has 0 saturated carbocycles. The Bertz CT molecular complexity index is 682. The maximum Gasteiger partial charge on any atom is 0.233 e. The van der Waals surface area contributed by atoms with Crippen molar-refractivity contribution in [2.24, 2.45) is 0 Å². The van der Waals surface area contributed by atoms with Crippen molar-refractivity contribution in [2.45, 2.75) is 19.4 Å². The van der Waals surface area contributed by atoms with Gasteiger partial charge in [-0.1, -0.05) is 24.3 Å². The number of anilines is 1. The fourth-order valence-electron chi connectivity index (χ4n) is 2.69. The molecule has 108 valence electrons. The lowest BCUT2D eigenvalue weighted by Gasteiger charge is -2.25. The molecule has 1 heterocycles. The summed E-state index contributed by atoms with van der Waals surface area (Å²) < 4.78 is 0. The van der Waals surface area contributed by atoms with Crippen molar-refractivity contribution in [3.05, 3.63) is 59.2 Å². The van der Waals surface area contributed by atoms with Gasteiger partial charge in [0.25, 0.3) is 0 Å². The Balaban J connectivity index is 1.81. The molecule has 0 aliphatic carbocycles. The number of fused-ring (bicyclic) bond motifs is 1. The smallest absolute Gasteiger partial charge is 0.233 e. The van der Waals surface area contributed by atoms with Gasteiger partial charge in [0.2, 0.25) is 5.91 Å². The number of phenols is 1. The van der Waals surface area contributed by atoms with Gasteiger partial charge in [0.1, 0.15) is 5.75 Å². The van der Waals surface area contributed by atoms with Crippen LogP contribution in [0, 0.1) is 6.92 Å². The van der Waals surface area contributed by atoms with E-state index in [1.165, 1.54) is 5.56 Å². The van der Waals surface area contributed by atoms with Gasteiger partial charge in [-0.05, 0) is 41.8 Å². The first-order valence-electron chi connectivity index (χ1n) is 7.04. The number of amides is 1. The Hall–Kier alpha value is -2.33. The van der Waals surface area contributed by atoms with Crippen LogP contribution in [0.15, 0.2) is 42.5 Å². The first-order chi connectivity index (χ1) is 10.1. The van der Waals surface area contributed by atoms with Crippen molar-refractivity contribution >= 4 is 11.6 Å². The highest BCUT2D eigenvalue weighted by Gasteiger charge is 2.26. The summed E-state index contributed by atoms with van der Waals surface area (Å²) in [5, 5.41) is 15.7. The van der Waals surface area contributed by atoms with Gasteiger partial charge < -0.3 is 15.7 Å². The first kappa shape index (κ1) is 13.6. The van der Waals surface area contributed by atoms with Crippen LogP contribution in [0.1, 0.15) is 22.6 Å². The monoisotopic (exact) mass is 282 g/mol. The first-order valence-corrected chi connectivity index (χ1v) is 7.04. The van der Waals surface area contributed by atoms with Crippen molar-refractivity contribution < 1.29 is 9.90 Å². The molecule has 4 nitrogen and oxygen atoms in total. The van der Waals surface area contributed by atoms with Crippen LogP contribution >= 0.6 is 0 Å². The normalized spacial score (nSPS) is 17.1. The number of hydrogen-bond acceptors (Lipinski definition) is 3. The van der Waals surface area contributed by atoms with E-state index in [2.05, 4.69) is 10.6 Å². The van der Waals surface area contributed by atoms with Crippen LogP contribution in [0.5, 0.6) is 5.75 Å². The molecule has 2 aromatic rings. The lowest BCUT2D eigenvalue weighted by Crippen LogP contribution is -2.35. The molecule has 0 fully saturated rings. The predicted molar refractivity (Wildman–Crippen MR) is 82.4 cm³/mol. The number of carbonyl (C=O) groups is 1. The average molecular weight is 282 g/mol. The highest BCUT2D eigenvalue weighted by Crippen LogP contribution is 2.26. The molecular weight excluding hydrogens is 264 g/mol. The number of benzene rings is 2. The number of rotatable bonds is 2. The van der Waals surface area contributed by atoms with Gasteiger partial charge in [0.15, 0.2) is 0 Å². The van der Waals surface area contributed by atoms with E-state index in [1.54, 1.807) is 18.2 Å².